The summed E-state index contributed by atoms with van der Waals surface area (Å²) in [5, 5.41) is 9.54. The van der Waals surface area contributed by atoms with Crippen molar-refractivity contribution < 1.29 is 9.90 Å². The Hall–Kier alpha value is -0.630. The molecule has 0 heterocycles. The molecule has 0 amide bonds. The van der Waals surface area contributed by atoms with Crippen molar-refractivity contribution in [1.29, 1.82) is 0 Å². The smallest absolute Gasteiger partial charge is 0.158 e. The van der Waals surface area contributed by atoms with Crippen LogP contribution < -0.4 is 0 Å². The first-order valence-corrected chi connectivity index (χ1v) is 3.46. The van der Waals surface area contributed by atoms with E-state index in [-0.39, 0.29) is 18.1 Å². The summed E-state index contributed by atoms with van der Waals surface area (Å²) in [6.45, 7) is 3.60. The van der Waals surface area contributed by atoms with Crippen LogP contribution in [0.2, 0.25) is 0 Å². The van der Waals surface area contributed by atoms with Gasteiger partial charge in [-0.05, 0) is 13.0 Å². The summed E-state index contributed by atoms with van der Waals surface area (Å²) in [5.41, 5.74) is -0.828. The monoisotopic (exact) mass is 140 g/mol. The number of aliphatic hydroxyl groups is 1. The van der Waals surface area contributed by atoms with Gasteiger partial charge >= 0.3 is 0 Å². The second-order valence-electron chi connectivity index (χ2n) is 3.15. The lowest BCUT2D eigenvalue weighted by atomic mass is 9.82. The van der Waals surface area contributed by atoms with Crippen molar-refractivity contribution in [2.24, 2.45) is 5.92 Å². The average molecular weight is 140 g/mol. The fraction of sp³-hybridized carbons (Fsp3) is 0.625. The number of hydrogen-bond donors (Lipinski definition) is 1. The van der Waals surface area contributed by atoms with Gasteiger partial charge in [0, 0.05) is 12.3 Å². The number of carbonyl (C=O) groups is 1. The first-order valence-electron chi connectivity index (χ1n) is 3.46. The number of rotatable bonds is 0. The molecule has 1 aliphatic carbocycles. The van der Waals surface area contributed by atoms with Gasteiger partial charge in [-0.15, -0.1) is 0 Å². The molecule has 1 rings (SSSR count). The number of ketones is 1. The zero-order valence-electron chi connectivity index (χ0n) is 6.29. The molecule has 0 saturated carbocycles. The Morgan fingerprint density at radius 2 is 2.40 bits per heavy atom. The molecule has 1 N–H and O–H groups in total. The Morgan fingerprint density at radius 3 is 2.80 bits per heavy atom. The van der Waals surface area contributed by atoms with Gasteiger partial charge in [-0.1, -0.05) is 13.0 Å². The van der Waals surface area contributed by atoms with Gasteiger partial charge in [-0.25, -0.2) is 0 Å². The summed E-state index contributed by atoms with van der Waals surface area (Å²) in [5.74, 6) is 0.105. The molecule has 0 aliphatic heterocycles. The molecule has 0 spiro atoms. The van der Waals surface area contributed by atoms with E-state index >= 15 is 0 Å². The maximum atomic E-state index is 10.8. The highest BCUT2D eigenvalue weighted by Gasteiger charge is 2.31. The Balaban J connectivity index is 2.82. The van der Waals surface area contributed by atoms with Crippen LogP contribution in [-0.4, -0.2) is 16.5 Å². The molecule has 1 aliphatic rings. The van der Waals surface area contributed by atoms with E-state index in [4.69, 9.17) is 0 Å². The van der Waals surface area contributed by atoms with Crippen molar-refractivity contribution in [1.82, 2.24) is 0 Å². The molecule has 56 valence electrons. The summed E-state index contributed by atoms with van der Waals surface area (Å²) in [6, 6.07) is 0. The molecule has 0 aromatic carbocycles. The predicted octanol–water partition coefficient (Wildman–Crippen LogP) is 0.903. The van der Waals surface area contributed by atoms with Crippen molar-refractivity contribution in [2.45, 2.75) is 25.9 Å². The molecule has 2 heteroatoms. The van der Waals surface area contributed by atoms with Crippen LogP contribution in [0.3, 0.4) is 0 Å². The van der Waals surface area contributed by atoms with Gasteiger partial charge in [-0.3, -0.25) is 4.79 Å². The van der Waals surface area contributed by atoms with E-state index in [1.54, 1.807) is 19.1 Å². The maximum Gasteiger partial charge on any atom is 0.158 e. The van der Waals surface area contributed by atoms with Crippen LogP contribution in [0.15, 0.2) is 12.2 Å². The van der Waals surface area contributed by atoms with Crippen LogP contribution in [0.4, 0.5) is 0 Å². The molecule has 2 atom stereocenters. The fourth-order valence-electron chi connectivity index (χ4n) is 1.03. The van der Waals surface area contributed by atoms with E-state index < -0.39 is 5.60 Å². The normalized spacial score (nSPS) is 40.3. The Kier molecular flexibility index (Phi) is 1.65. The SMILES string of the molecule is CC1C=CC(=O)CC1(C)O. The van der Waals surface area contributed by atoms with E-state index in [0.717, 1.165) is 0 Å². The highest BCUT2D eigenvalue weighted by Crippen LogP contribution is 2.25. The molecule has 0 bridgehead atoms. The van der Waals surface area contributed by atoms with E-state index in [1.807, 2.05) is 6.92 Å². The van der Waals surface area contributed by atoms with Crippen LogP contribution in [0.25, 0.3) is 0 Å². The van der Waals surface area contributed by atoms with E-state index in [1.165, 1.54) is 0 Å². The second-order valence-corrected chi connectivity index (χ2v) is 3.15. The molecule has 2 unspecified atom stereocenters. The first-order chi connectivity index (χ1) is 4.52. The standard InChI is InChI=1S/C8H12O2/c1-6-3-4-7(9)5-8(6,2)10/h3-4,6,10H,5H2,1-2H3. The minimum Gasteiger partial charge on any atom is -0.389 e. The zero-order valence-corrected chi connectivity index (χ0v) is 6.29. The molecular weight excluding hydrogens is 128 g/mol. The Labute approximate surface area is 60.6 Å². The van der Waals surface area contributed by atoms with Gasteiger partial charge in [0.05, 0.1) is 5.60 Å². The minimum atomic E-state index is -0.828. The third kappa shape index (κ3) is 1.27. The molecular formula is C8H12O2. The Bertz CT molecular complexity index is 180. The maximum absolute atomic E-state index is 10.8. The van der Waals surface area contributed by atoms with Crippen LogP contribution >= 0.6 is 0 Å². The summed E-state index contributed by atoms with van der Waals surface area (Å²) in [4.78, 5) is 10.8. The molecule has 0 aromatic heterocycles. The third-order valence-corrected chi connectivity index (χ3v) is 2.08. The van der Waals surface area contributed by atoms with Gasteiger partial charge in [0.25, 0.3) is 0 Å². The lowest BCUT2D eigenvalue weighted by Crippen LogP contribution is -2.36. The molecule has 10 heavy (non-hydrogen) atoms. The highest BCUT2D eigenvalue weighted by atomic mass is 16.3. The topological polar surface area (TPSA) is 37.3 Å². The largest absolute Gasteiger partial charge is 0.389 e. The Morgan fingerprint density at radius 1 is 1.80 bits per heavy atom. The zero-order chi connectivity index (χ0) is 7.78. The highest BCUT2D eigenvalue weighted by molar-refractivity contribution is 5.91. The van der Waals surface area contributed by atoms with Crippen molar-refractivity contribution in [2.75, 3.05) is 0 Å². The first kappa shape index (κ1) is 7.48. The van der Waals surface area contributed by atoms with Gasteiger partial charge in [-0.2, -0.15) is 0 Å². The van der Waals surface area contributed by atoms with Crippen LogP contribution in [0, 0.1) is 5.92 Å². The lowest BCUT2D eigenvalue weighted by Gasteiger charge is -2.29. The number of allylic oxidation sites excluding steroid dienone is 1. The van der Waals surface area contributed by atoms with E-state index in [2.05, 4.69) is 0 Å². The molecule has 2 nitrogen and oxygen atoms in total. The number of hydrogen-bond acceptors (Lipinski definition) is 2. The predicted molar refractivity (Wildman–Crippen MR) is 38.6 cm³/mol. The second kappa shape index (κ2) is 2.20. The van der Waals surface area contributed by atoms with Gasteiger partial charge in [0.2, 0.25) is 0 Å². The minimum absolute atomic E-state index is 0.0168. The molecule has 0 fully saturated rings. The van der Waals surface area contributed by atoms with Crippen LogP contribution in [0.1, 0.15) is 20.3 Å². The molecule has 0 saturated heterocycles. The molecule has 0 aromatic rings. The summed E-state index contributed by atoms with van der Waals surface area (Å²) in [6.07, 6.45) is 3.55. The quantitative estimate of drug-likeness (QED) is 0.543. The van der Waals surface area contributed by atoms with Crippen molar-refractivity contribution >= 4 is 5.78 Å². The number of carbonyl (C=O) groups excluding carboxylic acids is 1. The third-order valence-electron chi connectivity index (χ3n) is 2.08. The van der Waals surface area contributed by atoms with Crippen LogP contribution in [0.5, 0.6) is 0 Å². The van der Waals surface area contributed by atoms with E-state index in [9.17, 15) is 9.90 Å². The lowest BCUT2D eigenvalue weighted by molar-refractivity contribution is -0.121. The summed E-state index contributed by atoms with van der Waals surface area (Å²) >= 11 is 0. The van der Waals surface area contributed by atoms with Crippen LogP contribution in [-0.2, 0) is 4.79 Å². The van der Waals surface area contributed by atoms with Crippen molar-refractivity contribution in [3.63, 3.8) is 0 Å². The van der Waals surface area contributed by atoms with Gasteiger partial charge in [0.15, 0.2) is 5.78 Å². The fourth-order valence-corrected chi connectivity index (χ4v) is 1.03. The van der Waals surface area contributed by atoms with Gasteiger partial charge in [0.1, 0.15) is 0 Å². The summed E-state index contributed by atoms with van der Waals surface area (Å²) < 4.78 is 0. The van der Waals surface area contributed by atoms with Gasteiger partial charge < -0.3 is 5.11 Å². The molecule has 0 radical (unpaired) electrons. The van der Waals surface area contributed by atoms with E-state index in [0.29, 0.717) is 0 Å². The summed E-state index contributed by atoms with van der Waals surface area (Å²) in [7, 11) is 0. The average Bonchev–Trinajstić information content (AvgIpc) is 1.78. The van der Waals surface area contributed by atoms with Crippen molar-refractivity contribution in [3.05, 3.63) is 12.2 Å². The van der Waals surface area contributed by atoms with Crippen molar-refractivity contribution in [3.8, 4) is 0 Å².